The number of halogens is 1. The molecule has 0 fully saturated rings. The van der Waals surface area contributed by atoms with Crippen LogP contribution in [0.4, 0.5) is 0 Å². The summed E-state index contributed by atoms with van der Waals surface area (Å²) >= 11 is 0.563. The molecule has 11 heavy (non-hydrogen) atoms. The maximum atomic E-state index is 10.7. The van der Waals surface area contributed by atoms with Crippen LogP contribution in [0.5, 0.6) is 0 Å². The van der Waals surface area contributed by atoms with Gasteiger partial charge < -0.3 is 0 Å². The second kappa shape index (κ2) is 3.19. The van der Waals surface area contributed by atoms with Gasteiger partial charge in [0.15, 0.2) is 0 Å². The Morgan fingerprint density at radius 1 is 1.18 bits per heavy atom. The van der Waals surface area contributed by atoms with Crippen LogP contribution in [0, 0.1) is 0 Å². The Balaban J connectivity index is 3.09. The zero-order chi connectivity index (χ0) is 8.48. The van der Waals surface area contributed by atoms with Crippen LogP contribution in [0.2, 0.25) is 5.02 Å². The molecule has 0 unspecified atom stereocenters. The minimum absolute atomic E-state index is 0.0768. The van der Waals surface area contributed by atoms with Crippen molar-refractivity contribution in [2.45, 2.75) is 0 Å². The van der Waals surface area contributed by atoms with Crippen LogP contribution in [0.15, 0.2) is 24.3 Å². The summed E-state index contributed by atoms with van der Waals surface area (Å²) in [5.74, 6) is 0. The summed E-state index contributed by atoms with van der Waals surface area (Å²) in [6.07, 6.45) is 0. The van der Waals surface area contributed by atoms with Gasteiger partial charge in [-0.3, -0.25) is 0 Å². The molecule has 0 saturated carbocycles. The molecule has 0 heterocycles. The first kappa shape index (κ1) is 9.14. The van der Waals surface area contributed by atoms with E-state index < -0.39 is 19.6 Å². The Morgan fingerprint density at radius 2 is 1.64 bits per heavy atom. The fraction of sp³-hybridized carbons (Fsp3) is 0. The predicted molar refractivity (Wildman–Crippen MR) is 42.0 cm³/mol. The minimum atomic E-state index is -4.96. The molecular weight excluding hydrogens is 277 g/mol. The van der Waals surface area contributed by atoms with Crippen LogP contribution in [0.1, 0.15) is 0 Å². The third kappa shape index (κ3) is 2.53. The zero-order valence-electron chi connectivity index (χ0n) is 5.44. The van der Waals surface area contributed by atoms with E-state index >= 15 is 0 Å². The van der Waals surface area contributed by atoms with E-state index in [-0.39, 0.29) is 3.51 Å². The summed E-state index contributed by atoms with van der Waals surface area (Å²) in [6, 6.07) is 5.62. The molecule has 0 amide bonds. The van der Waals surface area contributed by atoms with Crippen molar-refractivity contribution >= 4 is 34.7 Å². The molecule has 1 aromatic carbocycles. The Hall–Kier alpha value is 0.0482. The normalized spacial score (nSPS) is 11.5. The van der Waals surface area contributed by atoms with Crippen molar-refractivity contribution in [3.05, 3.63) is 29.3 Å². The molecule has 0 spiro atoms. The van der Waals surface area contributed by atoms with Crippen LogP contribution < -0.4 is 3.51 Å². The summed E-state index contributed by atoms with van der Waals surface area (Å²) in [7, 11) is 0. The van der Waals surface area contributed by atoms with Gasteiger partial charge in [-0.1, -0.05) is 0 Å². The molecule has 0 bridgehead atoms. The van der Waals surface area contributed by atoms with E-state index in [1.54, 1.807) is 0 Å². The fourth-order valence-corrected chi connectivity index (χ4v) is 2.30. The fourth-order valence-electron chi connectivity index (χ4n) is 0.635. The maximum absolute atomic E-state index is 10.7. The number of hydrogen-bond donors (Lipinski definition) is 2. The van der Waals surface area contributed by atoms with Gasteiger partial charge in [0.25, 0.3) is 0 Å². The van der Waals surface area contributed by atoms with Gasteiger partial charge in [0, 0.05) is 0 Å². The summed E-state index contributed by atoms with van der Waals surface area (Å²) < 4.78 is 28.2. The predicted octanol–water partition coefficient (Wildman–Crippen LogP) is -0.0990. The van der Waals surface area contributed by atoms with Gasteiger partial charge >= 0.3 is 73.8 Å². The number of hydrogen-bond acceptors (Lipinski definition) is 1. The molecule has 0 saturated heterocycles. The van der Waals surface area contributed by atoms with Gasteiger partial charge in [0.05, 0.1) is 0 Å². The number of benzene rings is 1. The molecule has 0 aliphatic heterocycles. The Morgan fingerprint density at radius 3 is 2.00 bits per heavy atom. The topological polar surface area (TPSA) is 57.5 Å². The van der Waals surface area contributed by atoms with E-state index in [2.05, 4.69) is 0 Å². The summed E-state index contributed by atoms with van der Waals surface area (Å²) in [5.41, 5.74) is 0. The molecule has 0 atom stereocenters. The monoisotopic (exact) mass is 282 g/mol. The molecule has 0 aliphatic rings. The SMILES string of the molecule is [O]=[Sb]([OH])([OH])[c]1ccc(Cl)cc1. The van der Waals surface area contributed by atoms with E-state index in [0.717, 1.165) is 0 Å². The summed E-state index contributed by atoms with van der Waals surface area (Å²) in [6.45, 7) is 0. The molecular formula is C6H6ClO3Sb. The van der Waals surface area contributed by atoms with Crippen LogP contribution in [0.25, 0.3) is 0 Å². The molecule has 0 aliphatic carbocycles. The Kier molecular flexibility index (Phi) is 2.65. The van der Waals surface area contributed by atoms with E-state index in [1.165, 1.54) is 24.3 Å². The molecule has 60 valence electrons. The van der Waals surface area contributed by atoms with E-state index in [0.29, 0.717) is 5.02 Å². The quantitative estimate of drug-likeness (QED) is 0.708. The second-order valence-electron chi connectivity index (χ2n) is 2.02. The van der Waals surface area contributed by atoms with Gasteiger partial charge in [0.2, 0.25) is 0 Å². The molecule has 0 aromatic heterocycles. The third-order valence-corrected chi connectivity index (χ3v) is 4.19. The molecule has 1 aromatic rings. The molecule has 1 rings (SSSR count). The van der Waals surface area contributed by atoms with E-state index in [4.69, 9.17) is 18.4 Å². The second-order valence-corrected chi connectivity index (χ2v) is 7.04. The van der Waals surface area contributed by atoms with Crippen molar-refractivity contribution in [1.82, 2.24) is 0 Å². The van der Waals surface area contributed by atoms with Gasteiger partial charge in [-0.2, -0.15) is 0 Å². The molecule has 5 heteroatoms. The Labute approximate surface area is 73.8 Å². The van der Waals surface area contributed by atoms with E-state index in [1.807, 2.05) is 0 Å². The van der Waals surface area contributed by atoms with Crippen LogP contribution >= 0.6 is 11.6 Å². The first-order valence-corrected chi connectivity index (χ1v) is 7.80. The number of rotatable bonds is 1. The average molecular weight is 283 g/mol. The van der Waals surface area contributed by atoms with Gasteiger partial charge in [-0.15, -0.1) is 0 Å². The van der Waals surface area contributed by atoms with Crippen molar-refractivity contribution in [1.29, 1.82) is 0 Å². The standard InChI is InChI=1S/C6H4Cl.2H2O.O.Sb/c7-6-4-2-1-3-5-6;;;;/h2-5H;2*1H2;;/q;;;;+2/p-2. The molecule has 0 radical (unpaired) electrons. The van der Waals surface area contributed by atoms with Crippen LogP contribution in [0.3, 0.4) is 0 Å². The van der Waals surface area contributed by atoms with Gasteiger partial charge in [0.1, 0.15) is 0 Å². The van der Waals surface area contributed by atoms with Crippen molar-refractivity contribution in [2.24, 2.45) is 0 Å². The van der Waals surface area contributed by atoms with Crippen LogP contribution in [-0.2, 0) is 3.02 Å². The summed E-state index contributed by atoms with van der Waals surface area (Å²) in [5, 5.41) is 0.475. The molecule has 2 N–H and O–H groups in total. The molecule has 3 nitrogen and oxygen atoms in total. The van der Waals surface area contributed by atoms with Crippen molar-refractivity contribution < 1.29 is 9.79 Å². The first-order valence-electron chi connectivity index (χ1n) is 2.82. The zero-order valence-corrected chi connectivity index (χ0v) is 8.75. The van der Waals surface area contributed by atoms with Crippen molar-refractivity contribution in [3.8, 4) is 0 Å². The van der Waals surface area contributed by atoms with Crippen molar-refractivity contribution in [3.63, 3.8) is 0 Å². The van der Waals surface area contributed by atoms with Gasteiger partial charge in [-0.25, -0.2) is 0 Å². The Bertz CT molecular complexity index is 289. The van der Waals surface area contributed by atoms with Gasteiger partial charge in [-0.05, 0) is 0 Å². The van der Waals surface area contributed by atoms with E-state index in [9.17, 15) is 3.02 Å². The third-order valence-electron chi connectivity index (χ3n) is 1.16. The van der Waals surface area contributed by atoms with Crippen LogP contribution in [-0.4, -0.2) is 26.4 Å². The first-order chi connectivity index (χ1) is 5.00. The average Bonchev–Trinajstić information content (AvgIpc) is 1.86. The summed E-state index contributed by atoms with van der Waals surface area (Å²) in [4.78, 5) is 0. The van der Waals surface area contributed by atoms with Crippen molar-refractivity contribution in [2.75, 3.05) is 0 Å².